The van der Waals surface area contributed by atoms with Crippen LogP contribution >= 0.6 is 0 Å². The minimum atomic E-state index is -0.750. The molecule has 0 atom stereocenters. The van der Waals surface area contributed by atoms with Crippen LogP contribution in [0.1, 0.15) is 25.3 Å². The van der Waals surface area contributed by atoms with Crippen LogP contribution in [0.15, 0.2) is 30.3 Å². The fourth-order valence-electron chi connectivity index (χ4n) is 0.838. The van der Waals surface area contributed by atoms with E-state index in [4.69, 9.17) is 10.0 Å². The third-order valence-electron chi connectivity index (χ3n) is 1.47. The third-order valence-corrected chi connectivity index (χ3v) is 1.47. The third kappa shape index (κ3) is 4.94. The zero-order valence-corrected chi connectivity index (χ0v) is 7.57. The summed E-state index contributed by atoms with van der Waals surface area (Å²) in [4.78, 5) is 0. The van der Waals surface area contributed by atoms with E-state index in [9.17, 15) is 0 Å². The molecule has 12 heavy (non-hydrogen) atoms. The van der Waals surface area contributed by atoms with E-state index < -0.39 is 7.69 Å². The largest absolute Gasteiger partial charge is 0.432 e. The van der Waals surface area contributed by atoms with Crippen LogP contribution in [-0.4, -0.2) is 17.7 Å². The predicted octanol–water partition coefficient (Wildman–Crippen LogP) is 1.05. The average Bonchev–Trinajstić information content (AvgIpc) is 2.07. The molecule has 0 heterocycles. The normalized spacial score (nSPS) is 8.75. The van der Waals surface area contributed by atoms with Gasteiger partial charge in [0.25, 0.3) is 0 Å². The Bertz CT molecular complexity index is 187. The molecule has 1 rings (SSSR count). The fraction of sp³-hybridized carbons (Fsp3) is 0.333. The van der Waals surface area contributed by atoms with E-state index >= 15 is 0 Å². The molecule has 3 heteroatoms. The van der Waals surface area contributed by atoms with E-state index in [1.165, 1.54) is 5.56 Å². The topological polar surface area (TPSA) is 40.5 Å². The number of rotatable bonds is 1. The summed E-state index contributed by atoms with van der Waals surface area (Å²) in [5.41, 5.74) is 1.41. The van der Waals surface area contributed by atoms with Crippen LogP contribution in [0.2, 0.25) is 0 Å². The summed E-state index contributed by atoms with van der Waals surface area (Å²) in [5, 5.41) is 14.2. The lowest BCUT2D eigenvalue weighted by atomic mass is 10.0. The van der Waals surface area contributed by atoms with Crippen molar-refractivity contribution >= 4 is 7.69 Å². The molecule has 1 aromatic rings. The Kier molecular flexibility index (Phi) is 6.43. The minimum Gasteiger partial charge on any atom is -0.430 e. The molecule has 0 aliphatic rings. The second-order valence-electron chi connectivity index (χ2n) is 2.71. The average molecular weight is 166 g/mol. The van der Waals surface area contributed by atoms with Gasteiger partial charge < -0.3 is 10.0 Å². The first kappa shape index (κ1) is 11.2. The maximum atomic E-state index is 7.12. The molecule has 0 saturated heterocycles. The SMILES string of the molecule is CC(C)c1ccccc1.OBO. The molecular weight excluding hydrogens is 151 g/mol. The van der Waals surface area contributed by atoms with Gasteiger partial charge in [-0.1, -0.05) is 44.2 Å². The number of hydrogen-bond donors (Lipinski definition) is 2. The van der Waals surface area contributed by atoms with E-state index in [-0.39, 0.29) is 0 Å². The van der Waals surface area contributed by atoms with Crippen LogP contribution in [0.3, 0.4) is 0 Å². The smallest absolute Gasteiger partial charge is 0.430 e. The van der Waals surface area contributed by atoms with E-state index in [0.717, 1.165) is 0 Å². The summed E-state index contributed by atoms with van der Waals surface area (Å²) in [6.45, 7) is 4.41. The molecule has 0 radical (unpaired) electrons. The van der Waals surface area contributed by atoms with Gasteiger partial charge in [0, 0.05) is 0 Å². The Morgan fingerprint density at radius 1 is 1.08 bits per heavy atom. The maximum Gasteiger partial charge on any atom is 0.432 e. The highest BCUT2D eigenvalue weighted by molar-refractivity contribution is 6.13. The Labute approximate surface area is 74.2 Å². The molecule has 2 N–H and O–H groups in total. The highest BCUT2D eigenvalue weighted by atomic mass is 16.4. The standard InChI is InChI=1S/C9H12.BH3O2/c1-8(2)9-6-4-3-5-7-9;2-1-3/h3-8H,1-2H3;1-3H. The molecule has 0 amide bonds. The van der Waals surface area contributed by atoms with Crippen molar-refractivity contribution in [1.82, 2.24) is 0 Å². The summed E-state index contributed by atoms with van der Waals surface area (Å²) < 4.78 is 0. The predicted molar refractivity (Wildman–Crippen MR) is 52.1 cm³/mol. The van der Waals surface area contributed by atoms with Crippen LogP contribution < -0.4 is 0 Å². The molecule has 0 aliphatic heterocycles. The monoisotopic (exact) mass is 166 g/mol. The molecule has 0 bridgehead atoms. The number of benzene rings is 1. The van der Waals surface area contributed by atoms with Gasteiger partial charge in [-0.25, -0.2) is 0 Å². The maximum absolute atomic E-state index is 7.12. The summed E-state index contributed by atoms with van der Waals surface area (Å²) in [7, 11) is -0.750. The van der Waals surface area contributed by atoms with Gasteiger partial charge in [0.1, 0.15) is 0 Å². The minimum absolute atomic E-state index is 0.659. The zero-order chi connectivity index (χ0) is 9.40. The lowest BCUT2D eigenvalue weighted by Crippen LogP contribution is -1.83. The van der Waals surface area contributed by atoms with Gasteiger partial charge in [-0.3, -0.25) is 0 Å². The van der Waals surface area contributed by atoms with Crippen LogP contribution in [-0.2, 0) is 0 Å². The van der Waals surface area contributed by atoms with E-state index in [1.54, 1.807) is 0 Å². The molecule has 66 valence electrons. The first-order valence-corrected chi connectivity index (χ1v) is 3.99. The molecule has 0 saturated carbocycles. The second kappa shape index (κ2) is 6.89. The highest BCUT2D eigenvalue weighted by Crippen LogP contribution is 2.11. The Hall–Kier alpha value is -0.795. The summed E-state index contributed by atoms with van der Waals surface area (Å²) in [6, 6.07) is 10.5. The Balaban J connectivity index is 0.000000354. The van der Waals surface area contributed by atoms with Crippen molar-refractivity contribution in [2.45, 2.75) is 19.8 Å². The van der Waals surface area contributed by atoms with Gasteiger partial charge in [-0.15, -0.1) is 0 Å². The van der Waals surface area contributed by atoms with Crippen LogP contribution in [0.4, 0.5) is 0 Å². The molecule has 0 fully saturated rings. The van der Waals surface area contributed by atoms with Gasteiger partial charge in [0.2, 0.25) is 0 Å². The van der Waals surface area contributed by atoms with Crippen molar-refractivity contribution in [2.75, 3.05) is 0 Å². The van der Waals surface area contributed by atoms with Gasteiger partial charge in [0.15, 0.2) is 0 Å². The summed E-state index contributed by atoms with van der Waals surface area (Å²) in [6.07, 6.45) is 0. The molecule has 2 nitrogen and oxygen atoms in total. The molecule has 0 aliphatic carbocycles. The van der Waals surface area contributed by atoms with E-state index in [1.807, 2.05) is 6.07 Å². The Morgan fingerprint density at radius 3 is 1.75 bits per heavy atom. The lowest BCUT2D eigenvalue weighted by molar-refractivity contribution is 0.448. The molecule has 0 aromatic heterocycles. The van der Waals surface area contributed by atoms with Gasteiger partial charge >= 0.3 is 7.69 Å². The van der Waals surface area contributed by atoms with Crippen LogP contribution in [0.25, 0.3) is 0 Å². The van der Waals surface area contributed by atoms with Gasteiger partial charge in [0.05, 0.1) is 0 Å². The van der Waals surface area contributed by atoms with Crippen LogP contribution in [0.5, 0.6) is 0 Å². The van der Waals surface area contributed by atoms with Gasteiger partial charge in [-0.05, 0) is 11.5 Å². The van der Waals surface area contributed by atoms with Gasteiger partial charge in [-0.2, -0.15) is 0 Å². The molecule has 0 spiro atoms. The summed E-state index contributed by atoms with van der Waals surface area (Å²) >= 11 is 0. The molecule has 1 aromatic carbocycles. The first-order chi connectivity index (χ1) is 5.72. The van der Waals surface area contributed by atoms with Crippen molar-refractivity contribution < 1.29 is 10.0 Å². The van der Waals surface area contributed by atoms with E-state index in [2.05, 4.69) is 38.1 Å². The fourth-order valence-corrected chi connectivity index (χ4v) is 0.838. The molecular formula is C9H15BO2. The lowest BCUT2D eigenvalue weighted by Gasteiger charge is -2.01. The van der Waals surface area contributed by atoms with E-state index in [0.29, 0.717) is 5.92 Å². The highest BCUT2D eigenvalue weighted by Gasteiger charge is 1.93. The van der Waals surface area contributed by atoms with Crippen molar-refractivity contribution in [3.8, 4) is 0 Å². The first-order valence-electron chi connectivity index (χ1n) is 3.99. The van der Waals surface area contributed by atoms with Crippen molar-refractivity contribution in [1.29, 1.82) is 0 Å². The quantitative estimate of drug-likeness (QED) is 0.612. The van der Waals surface area contributed by atoms with Crippen molar-refractivity contribution in [2.24, 2.45) is 0 Å². The zero-order valence-electron chi connectivity index (χ0n) is 7.57. The number of hydrogen-bond acceptors (Lipinski definition) is 2. The van der Waals surface area contributed by atoms with Crippen molar-refractivity contribution in [3.63, 3.8) is 0 Å². The Morgan fingerprint density at radius 2 is 1.50 bits per heavy atom. The van der Waals surface area contributed by atoms with Crippen molar-refractivity contribution in [3.05, 3.63) is 35.9 Å². The second-order valence-corrected chi connectivity index (χ2v) is 2.71. The van der Waals surface area contributed by atoms with Crippen LogP contribution in [0, 0.1) is 0 Å². The molecule has 0 unspecified atom stereocenters. The summed E-state index contributed by atoms with van der Waals surface area (Å²) in [5.74, 6) is 0.659.